The number of amides is 1. The summed E-state index contributed by atoms with van der Waals surface area (Å²) >= 11 is 0. The Hall–Kier alpha value is -2.33. The second-order valence-electron chi connectivity index (χ2n) is 5.39. The molecule has 22 heavy (non-hydrogen) atoms. The topological polar surface area (TPSA) is 47.6 Å². The summed E-state index contributed by atoms with van der Waals surface area (Å²) in [6.07, 6.45) is 0.122. The second kappa shape index (κ2) is 7.09. The summed E-state index contributed by atoms with van der Waals surface area (Å²) in [6.45, 7) is 0.915. The molecule has 2 aromatic rings. The maximum absolute atomic E-state index is 11.5. The molecule has 1 heterocycles. The van der Waals surface area contributed by atoms with Gasteiger partial charge in [-0.15, -0.1) is 0 Å². The SMILES string of the molecule is O=C1N[C@@H](Cc2ccccc2)[C@@H](COCc2ccccc2)O1. The molecule has 114 valence electrons. The van der Waals surface area contributed by atoms with E-state index in [1.165, 1.54) is 5.56 Å². The first-order valence-electron chi connectivity index (χ1n) is 7.44. The summed E-state index contributed by atoms with van der Waals surface area (Å²) in [5.74, 6) is 0. The third-order valence-corrected chi connectivity index (χ3v) is 3.70. The van der Waals surface area contributed by atoms with Crippen molar-refractivity contribution in [3.63, 3.8) is 0 Å². The summed E-state index contributed by atoms with van der Waals surface area (Å²) in [6, 6.07) is 20.0. The van der Waals surface area contributed by atoms with E-state index >= 15 is 0 Å². The van der Waals surface area contributed by atoms with E-state index in [1.807, 2.05) is 60.7 Å². The predicted octanol–water partition coefficient (Wildman–Crippen LogP) is 2.92. The molecule has 2 atom stereocenters. The lowest BCUT2D eigenvalue weighted by Crippen LogP contribution is -2.36. The minimum absolute atomic E-state index is 0.0503. The monoisotopic (exact) mass is 297 g/mol. The molecule has 1 N–H and O–H groups in total. The Kier molecular flexibility index (Phi) is 4.71. The molecular weight excluding hydrogens is 278 g/mol. The van der Waals surface area contributed by atoms with Crippen molar-refractivity contribution < 1.29 is 14.3 Å². The number of hydrogen-bond donors (Lipinski definition) is 1. The molecule has 1 saturated heterocycles. The van der Waals surface area contributed by atoms with E-state index < -0.39 is 0 Å². The first-order valence-corrected chi connectivity index (χ1v) is 7.44. The van der Waals surface area contributed by atoms with Crippen LogP contribution in [0, 0.1) is 0 Å². The van der Waals surface area contributed by atoms with Crippen LogP contribution in [-0.4, -0.2) is 24.8 Å². The minimum Gasteiger partial charge on any atom is -0.442 e. The van der Waals surface area contributed by atoms with Gasteiger partial charge in [0.25, 0.3) is 0 Å². The number of cyclic esters (lactones) is 1. The standard InChI is InChI=1S/C18H19NO3/c20-18-19-16(11-14-7-3-1-4-8-14)17(22-18)13-21-12-15-9-5-2-6-10-15/h1-10,16-17H,11-13H2,(H,19,20)/t16-,17+/m0/s1. The Bertz CT molecular complexity index is 600. The zero-order valence-corrected chi connectivity index (χ0v) is 12.3. The molecule has 2 aromatic carbocycles. The summed E-state index contributed by atoms with van der Waals surface area (Å²) < 4.78 is 11.0. The molecule has 0 bridgehead atoms. The van der Waals surface area contributed by atoms with E-state index in [1.54, 1.807) is 0 Å². The molecule has 0 radical (unpaired) electrons. The fourth-order valence-electron chi connectivity index (χ4n) is 2.57. The van der Waals surface area contributed by atoms with Crippen LogP contribution in [0.4, 0.5) is 4.79 Å². The maximum atomic E-state index is 11.5. The van der Waals surface area contributed by atoms with Crippen molar-refractivity contribution >= 4 is 6.09 Å². The van der Waals surface area contributed by atoms with Crippen LogP contribution in [0.2, 0.25) is 0 Å². The number of alkyl carbamates (subject to hydrolysis) is 1. The molecule has 1 aliphatic rings. The Labute approximate surface area is 130 Å². The van der Waals surface area contributed by atoms with Crippen molar-refractivity contribution in [3.05, 3.63) is 71.8 Å². The summed E-state index contributed by atoms with van der Waals surface area (Å²) in [4.78, 5) is 11.5. The lowest BCUT2D eigenvalue weighted by molar-refractivity contribution is 0.0273. The third-order valence-electron chi connectivity index (χ3n) is 3.70. The fraction of sp³-hybridized carbons (Fsp3) is 0.278. The van der Waals surface area contributed by atoms with Gasteiger partial charge >= 0.3 is 6.09 Å². The Morgan fingerprint density at radius 1 is 0.955 bits per heavy atom. The van der Waals surface area contributed by atoms with Gasteiger partial charge in [-0.2, -0.15) is 0 Å². The van der Waals surface area contributed by atoms with E-state index in [2.05, 4.69) is 5.32 Å². The summed E-state index contributed by atoms with van der Waals surface area (Å²) in [5, 5.41) is 2.86. The van der Waals surface area contributed by atoms with Crippen LogP contribution in [0.1, 0.15) is 11.1 Å². The van der Waals surface area contributed by atoms with Gasteiger partial charge in [-0.1, -0.05) is 60.7 Å². The number of ether oxygens (including phenoxy) is 2. The zero-order valence-electron chi connectivity index (χ0n) is 12.3. The van der Waals surface area contributed by atoms with E-state index in [0.717, 1.165) is 12.0 Å². The quantitative estimate of drug-likeness (QED) is 0.892. The number of carbonyl (C=O) groups excluding carboxylic acids is 1. The van der Waals surface area contributed by atoms with Crippen molar-refractivity contribution in [1.82, 2.24) is 5.32 Å². The smallest absolute Gasteiger partial charge is 0.407 e. The average molecular weight is 297 g/mol. The second-order valence-corrected chi connectivity index (χ2v) is 5.39. The largest absolute Gasteiger partial charge is 0.442 e. The molecule has 1 aliphatic heterocycles. The van der Waals surface area contributed by atoms with Crippen molar-refractivity contribution in [2.24, 2.45) is 0 Å². The van der Waals surface area contributed by atoms with Crippen LogP contribution in [-0.2, 0) is 22.5 Å². The van der Waals surface area contributed by atoms with Gasteiger partial charge in [0.15, 0.2) is 0 Å². The number of nitrogens with one attached hydrogen (secondary N) is 1. The molecule has 4 heteroatoms. The third kappa shape index (κ3) is 3.86. The molecule has 4 nitrogen and oxygen atoms in total. The number of benzene rings is 2. The highest BCUT2D eigenvalue weighted by Crippen LogP contribution is 2.15. The van der Waals surface area contributed by atoms with E-state index in [9.17, 15) is 4.79 Å². The lowest BCUT2D eigenvalue weighted by Gasteiger charge is -2.17. The van der Waals surface area contributed by atoms with Crippen LogP contribution < -0.4 is 5.32 Å². The number of hydrogen-bond acceptors (Lipinski definition) is 3. The van der Waals surface area contributed by atoms with E-state index in [-0.39, 0.29) is 18.2 Å². The molecule has 0 aromatic heterocycles. The highest BCUT2D eigenvalue weighted by molar-refractivity contribution is 5.70. The Morgan fingerprint density at radius 2 is 1.59 bits per heavy atom. The van der Waals surface area contributed by atoms with Crippen LogP contribution in [0.5, 0.6) is 0 Å². The maximum Gasteiger partial charge on any atom is 0.407 e. The van der Waals surface area contributed by atoms with Gasteiger partial charge in [0.1, 0.15) is 6.10 Å². The van der Waals surface area contributed by atoms with Gasteiger partial charge in [0, 0.05) is 0 Å². The van der Waals surface area contributed by atoms with Crippen LogP contribution >= 0.6 is 0 Å². The molecule has 0 unspecified atom stereocenters. The number of carbonyl (C=O) groups is 1. The van der Waals surface area contributed by atoms with Gasteiger partial charge < -0.3 is 14.8 Å². The Balaban J connectivity index is 1.53. The fourth-order valence-corrected chi connectivity index (χ4v) is 2.57. The van der Waals surface area contributed by atoms with Gasteiger partial charge in [-0.05, 0) is 17.5 Å². The van der Waals surface area contributed by atoms with Crippen molar-refractivity contribution in [3.8, 4) is 0 Å². The van der Waals surface area contributed by atoms with Gasteiger partial charge in [0.05, 0.1) is 19.3 Å². The van der Waals surface area contributed by atoms with Gasteiger partial charge in [-0.3, -0.25) is 0 Å². The zero-order chi connectivity index (χ0) is 15.2. The van der Waals surface area contributed by atoms with E-state index in [0.29, 0.717) is 13.2 Å². The van der Waals surface area contributed by atoms with Crippen LogP contribution in [0.25, 0.3) is 0 Å². The summed E-state index contributed by atoms with van der Waals surface area (Å²) in [7, 11) is 0. The van der Waals surface area contributed by atoms with Crippen molar-refractivity contribution in [2.75, 3.05) is 6.61 Å². The first-order chi connectivity index (χ1) is 10.8. The molecule has 1 amide bonds. The predicted molar refractivity (Wildman–Crippen MR) is 83.4 cm³/mol. The highest BCUT2D eigenvalue weighted by atomic mass is 16.6. The van der Waals surface area contributed by atoms with Crippen molar-refractivity contribution in [2.45, 2.75) is 25.2 Å². The van der Waals surface area contributed by atoms with Gasteiger partial charge in [-0.25, -0.2) is 4.79 Å². The molecular formula is C18H19NO3. The molecule has 0 saturated carbocycles. The molecule has 1 fully saturated rings. The molecule has 3 rings (SSSR count). The minimum atomic E-state index is -0.366. The normalized spacial score (nSPS) is 20.5. The number of rotatable bonds is 6. The van der Waals surface area contributed by atoms with Crippen LogP contribution in [0.3, 0.4) is 0 Å². The highest BCUT2D eigenvalue weighted by Gasteiger charge is 2.34. The van der Waals surface area contributed by atoms with Gasteiger partial charge in [0.2, 0.25) is 0 Å². The van der Waals surface area contributed by atoms with E-state index in [4.69, 9.17) is 9.47 Å². The van der Waals surface area contributed by atoms with Crippen molar-refractivity contribution in [1.29, 1.82) is 0 Å². The molecule has 0 aliphatic carbocycles. The average Bonchev–Trinajstić information content (AvgIpc) is 2.89. The molecule has 0 spiro atoms. The van der Waals surface area contributed by atoms with Crippen LogP contribution in [0.15, 0.2) is 60.7 Å². The Morgan fingerprint density at radius 3 is 2.27 bits per heavy atom. The first kappa shape index (κ1) is 14.6. The summed E-state index contributed by atoms with van der Waals surface area (Å²) in [5.41, 5.74) is 2.28. The lowest BCUT2D eigenvalue weighted by atomic mass is 10.0.